The number of hydrogen-bond donors (Lipinski definition) is 1. The summed E-state index contributed by atoms with van der Waals surface area (Å²) in [5.74, 6) is 0.404. The molecule has 0 aliphatic rings. The lowest BCUT2D eigenvalue weighted by Gasteiger charge is -2.23. The fraction of sp³-hybridized carbons (Fsp3) is 0.296. The third-order valence-corrected chi connectivity index (χ3v) is 8.02. The molecular weight excluding hydrogens is 528 g/mol. The Morgan fingerprint density at radius 3 is 2.29 bits per heavy atom. The smallest absolute Gasteiger partial charge is 0.264 e. The topological polar surface area (TPSA) is 75.7 Å². The second kappa shape index (κ2) is 12.7. The molecule has 0 unspecified atom stereocenters. The molecule has 6 nitrogen and oxygen atoms in total. The highest BCUT2D eigenvalue weighted by atomic mass is 79.9. The molecule has 8 heteroatoms. The van der Waals surface area contributed by atoms with Crippen LogP contribution in [0.5, 0.6) is 5.75 Å². The first kappa shape index (κ1) is 26.8. The molecule has 1 N–H and O–H groups in total. The normalized spacial score (nSPS) is 11.2. The van der Waals surface area contributed by atoms with E-state index in [2.05, 4.69) is 28.2 Å². The molecule has 0 saturated carbocycles. The quantitative estimate of drug-likeness (QED) is 0.246. The van der Waals surface area contributed by atoms with E-state index in [-0.39, 0.29) is 10.8 Å². The van der Waals surface area contributed by atoms with Gasteiger partial charge in [-0.15, -0.1) is 0 Å². The molecule has 0 heterocycles. The SMILES string of the molecule is CCCCCCOc1ccc(C(=O)Nc2ccc(S(=O)(=O)N(CC)c3ccccc3)cc2)cc1Br. The minimum absolute atomic E-state index is 0.157. The number of sulfonamides is 1. The zero-order valence-electron chi connectivity index (χ0n) is 20.0. The molecule has 0 fully saturated rings. The average molecular weight is 560 g/mol. The van der Waals surface area contributed by atoms with Crippen LogP contribution in [0.4, 0.5) is 11.4 Å². The Labute approximate surface area is 216 Å². The zero-order chi connectivity index (χ0) is 25.3. The van der Waals surface area contributed by atoms with E-state index in [1.165, 1.54) is 29.3 Å². The highest BCUT2D eigenvalue weighted by Crippen LogP contribution is 2.27. The van der Waals surface area contributed by atoms with Gasteiger partial charge in [-0.2, -0.15) is 0 Å². The maximum atomic E-state index is 13.1. The van der Waals surface area contributed by atoms with E-state index in [0.717, 1.165) is 12.8 Å². The first-order chi connectivity index (χ1) is 16.9. The summed E-state index contributed by atoms with van der Waals surface area (Å²) in [7, 11) is -3.72. The van der Waals surface area contributed by atoms with Crippen molar-refractivity contribution in [1.29, 1.82) is 0 Å². The Balaban J connectivity index is 1.65. The van der Waals surface area contributed by atoms with Gasteiger partial charge in [-0.1, -0.05) is 44.4 Å². The van der Waals surface area contributed by atoms with E-state index in [1.54, 1.807) is 61.5 Å². The second-order valence-corrected chi connectivity index (χ2v) is 10.8. The Morgan fingerprint density at radius 2 is 1.66 bits per heavy atom. The van der Waals surface area contributed by atoms with Gasteiger partial charge in [0.05, 0.1) is 21.7 Å². The van der Waals surface area contributed by atoms with Crippen molar-refractivity contribution >= 4 is 43.2 Å². The summed E-state index contributed by atoms with van der Waals surface area (Å²) in [5.41, 5.74) is 1.57. The summed E-state index contributed by atoms with van der Waals surface area (Å²) in [4.78, 5) is 12.9. The van der Waals surface area contributed by atoms with Crippen molar-refractivity contribution in [2.24, 2.45) is 0 Å². The van der Waals surface area contributed by atoms with Crippen LogP contribution in [-0.2, 0) is 10.0 Å². The van der Waals surface area contributed by atoms with Crippen molar-refractivity contribution in [3.8, 4) is 5.75 Å². The van der Waals surface area contributed by atoms with Crippen molar-refractivity contribution in [2.75, 3.05) is 22.8 Å². The molecule has 0 atom stereocenters. The van der Waals surface area contributed by atoms with E-state index < -0.39 is 10.0 Å². The van der Waals surface area contributed by atoms with Crippen LogP contribution in [0.15, 0.2) is 82.2 Å². The van der Waals surface area contributed by atoms with Crippen LogP contribution in [0.2, 0.25) is 0 Å². The van der Waals surface area contributed by atoms with Crippen LogP contribution in [0.25, 0.3) is 0 Å². The fourth-order valence-corrected chi connectivity index (χ4v) is 5.56. The fourth-order valence-electron chi connectivity index (χ4n) is 3.60. The Kier molecular flexibility index (Phi) is 9.74. The second-order valence-electron chi connectivity index (χ2n) is 8.04. The highest BCUT2D eigenvalue weighted by Gasteiger charge is 2.23. The van der Waals surface area contributed by atoms with E-state index in [0.29, 0.717) is 40.3 Å². The van der Waals surface area contributed by atoms with Crippen molar-refractivity contribution in [3.63, 3.8) is 0 Å². The van der Waals surface area contributed by atoms with Crippen LogP contribution in [0, 0.1) is 0 Å². The van der Waals surface area contributed by atoms with E-state index >= 15 is 0 Å². The van der Waals surface area contributed by atoms with Gasteiger partial charge in [0.25, 0.3) is 15.9 Å². The lowest BCUT2D eigenvalue weighted by atomic mass is 10.2. The van der Waals surface area contributed by atoms with Crippen molar-refractivity contribution < 1.29 is 17.9 Å². The molecule has 186 valence electrons. The van der Waals surface area contributed by atoms with Crippen molar-refractivity contribution in [2.45, 2.75) is 44.4 Å². The summed E-state index contributed by atoms with van der Waals surface area (Å²) in [6.45, 7) is 4.90. The van der Waals surface area contributed by atoms with Crippen LogP contribution in [0.3, 0.4) is 0 Å². The van der Waals surface area contributed by atoms with Crippen molar-refractivity contribution in [3.05, 3.63) is 82.8 Å². The van der Waals surface area contributed by atoms with Crippen LogP contribution < -0.4 is 14.4 Å². The van der Waals surface area contributed by atoms with Crippen LogP contribution in [-0.4, -0.2) is 27.5 Å². The van der Waals surface area contributed by atoms with Gasteiger partial charge < -0.3 is 10.1 Å². The largest absolute Gasteiger partial charge is 0.492 e. The van der Waals surface area contributed by atoms with Crippen molar-refractivity contribution in [1.82, 2.24) is 0 Å². The Morgan fingerprint density at radius 1 is 0.943 bits per heavy atom. The molecule has 0 aliphatic heterocycles. The predicted octanol–water partition coefficient (Wildman–Crippen LogP) is 6.88. The molecule has 3 aromatic rings. The predicted molar refractivity (Wildman–Crippen MR) is 145 cm³/mol. The minimum atomic E-state index is -3.72. The number of nitrogens with one attached hydrogen (secondary N) is 1. The lowest BCUT2D eigenvalue weighted by Crippen LogP contribution is -2.30. The summed E-state index contributed by atoms with van der Waals surface area (Å²) < 4.78 is 34.1. The van der Waals surface area contributed by atoms with Gasteiger partial charge in [-0.05, 0) is 83.9 Å². The number of benzene rings is 3. The maximum Gasteiger partial charge on any atom is 0.264 e. The molecule has 0 bridgehead atoms. The lowest BCUT2D eigenvalue weighted by molar-refractivity contribution is 0.102. The number of unbranched alkanes of at least 4 members (excludes halogenated alkanes) is 3. The summed E-state index contributed by atoms with van der Waals surface area (Å²) in [6.07, 6.45) is 4.50. The average Bonchev–Trinajstić information content (AvgIpc) is 2.86. The van der Waals surface area contributed by atoms with Crippen LogP contribution in [0.1, 0.15) is 49.9 Å². The first-order valence-electron chi connectivity index (χ1n) is 11.8. The third kappa shape index (κ3) is 7.08. The number of rotatable bonds is 12. The first-order valence-corrected chi connectivity index (χ1v) is 14.0. The molecule has 0 spiro atoms. The number of para-hydroxylation sites is 1. The number of anilines is 2. The number of hydrogen-bond acceptors (Lipinski definition) is 4. The van der Waals surface area contributed by atoms with E-state index in [1.807, 2.05) is 6.07 Å². The van der Waals surface area contributed by atoms with Gasteiger partial charge >= 0.3 is 0 Å². The minimum Gasteiger partial charge on any atom is -0.492 e. The molecule has 3 aromatic carbocycles. The third-order valence-electron chi connectivity index (χ3n) is 5.48. The standard InChI is InChI=1S/C27H31BrN2O4S/c1-3-5-6-10-19-34-26-18-13-21(20-25(26)28)27(31)29-22-14-16-24(17-15-22)35(32,33)30(4-2)23-11-8-7-9-12-23/h7-9,11-18,20H,3-6,10,19H2,1-2H3,(H,29,31). The number of halogens is 1. The molecular formula is C27H31BrN2O4S. The van der Waals surface area contributed by atoms with Gasteiger partial charge in [0, 0.05) is 17.8 Å². The molecule has 0 saturated heterocycles. The number of carbonyl (C=O) groups is 1. The van der Waals surface area contributed by atoms with E-state index in [9.17, 15) is 13.2 Å². The molecule has 0 aliphatic carbocycles. The zero-order valence-corrected chi connectivity index (χ0v) is 22.4. The summed E-state index contributed by atoms with van der Waals surface area (Å²) >= 11 is 3.48. The summed E-state index contributed by atoms with van der Waals surface area (Å²) in [5, 5.41) is 2.82. The number of ether oxygens (including phenoxy) is 1. The Hall–Kier alpha value is -2.84. The van der Waals surface area contributed by atoms with Gasteiger partial charge in [0.2, 0.25) is 0 Å². The Bertz CT molecular complexity index is 1220. The van der Waals surface area contributed by atoms with Gasteiger partial charge in [-0.25, -0.2) is 8.42 Å². The van der Waals surface area contributed by atoms with Gasteiger partial charge in [-0.3, -0.25) is 9.10 Å². The molecule has 1 amide bonds. The number of amides is 1. The summed E-state index contributed by atoms with van der Waals surface area (Å²) in [6, 6.07) is 20.4. The number of carbonyl (C=O) groups excluding carboxylic acids is 1. The molecule has 35 heavy (non-hydrogen) atoms. The molecule has 0 radical (unpaired) electrons. The molecule has 0 aromatic heterocycles. The van der Waals surface area contributed by atoms with E-state index in [4.69, 9.17) is 4.74 Å². The highest BCUT2D eigenvalue weighted by molar-refractivity contribution is 9.10. The van der Waals surface area contributed by atoms with Gasteiger partial charge in [0.15, 0.2) is 0 Å². The van der Waals surface area contributed by atoms with Gasteiger partial charge in [0.1, 0.15) is 5.75 Å². The van der Waals surface area contributed by atoms with Crippen LogP contribution >= 0.6 is 15.9 Å². The molecule has 3 rings (SSSR count). The maximum absolute atomic E-state index is 13.1. The number of nitrogens with zero attached hydrogens (tertiary/aromatic N) is 1. The monoisotopic (exact) mass is 558 g/mol.